The number of esters is 1. The van der Waals surface area contributed by atoms with Crippen LogP contribution in [0.2, 0.25) is 0 Å². The van der Waals surface area contributed by atoms with Crippen LogP contribution in [0.3, 0.4) is 0 Å². The number of hydrogen-bond acceptors (Lipinski definition) is 5. The van der Waals surface area contributed by atoms with Crippen LogP contribution in [0.15, 0.2) is 10.7 Å². The van der Waals surface area contributed by atoms with Crippen LogP contribution >= 0.6 is 0 Å². The van der Waals surface area contributed by atoms with Crippen LogP contribution in [0.5, 0.6) is 0 Å². The molecule has 1 aliphatic heterocycles. The largest absolute Gasteiger partial charge is 0.469 e. The molecule has 25 heavy (non-hydrogen) atoms. The number of rotatable bonds is 2. The lowest BCUT2D eigenvalue weighted by atomic mass is 9.54. The Morgan fingerprint density at radius 2 is 2.04 bits per heavy atom. The molecule has 2 heterocycles. The van der Waals surface area contributed by atoms with Crippen molar-refractivity contribution in [2.75, 3.05) is 0 Å². The van der Waals surface area contributed by atoms with Gasteiger partial charge in [0.15, 0.2) is 5.60 Å². The van der Waals surface area contributed by atoms with Crippen LogP contribution in [0.25, 0.3) is 0 Å². The van der Waals surface area contributed by atoms with Gasteiger partial charge in [-0.2, -0.15) is 0 Å². The Morgan fingerprint density at radius 1 is 1.36 bits per heavy atom. The summed E-state index contributed by atoms with van der Waals surface area (Å²) in [5, 5.41) is 11.4. The molecule has 5 nitrogen and oxygen atoms in total. The van der Waals surface area contributed by atoms with Crippen molar-refractivity contribution >= 4 is 5.97 Å². The van der Waals surface area contributed by atoms with Crippen molar-refractivity contribution in [1.29, 1.82) is 0 Å². The van der Waals surface area contributed by atoms with E-state index in [4.69, 9.17) is 13.9 Å². The van der Waals surface area contributed by atoms with Crippen molar-refractivity contribution in [3.63, 3.8) is 0 Å². The lowest BCUT2D eigenvalue weighted by Gasteiger charge is -2.54. The van der Waals surface area contributed by atoms with Crippen LogP contribution < -0.4 is 0 Å². The molecule has 1 unspecified atom stereocenters. The molecule has 1 aromatic heterocycles. The van der Waals surface area contributed by atoms with Gasteiger partial charge in [-0.25, -0.2) is 4.79 Å². The SMILES string of the molecule is Cc1coc2c1CC1[C@](C)(CC[C@@H](OC(=O)[C@]3(C)O[C@@H]3C)[C@@]1(C)O)C2. The fourth-order valence-electron chi connectivity index (χ4n) is 5.01. The summed E-state index contributed by atoms with van der Waals surface area (Å²) in [5.74, 6) is 0.723. The molecule has 138 valence electrons. The van der Waals surface area contributed by atoms with Crippen LogP contribution in [-0.4, -0.2) is 34.5 Å². The highest BCUT2D eigenvalue weighted by molar-refractivity contribution is 5.83. The first-order valence-electron chi connectivity index (χ1n) is 9.25. The summed E-state index contributed by atoms with van der Waals surface area (Å²) in [7, 11) is 0. The van der Waals surface area contributed by atoms with Crippen LogP contribution in [0.1, 0.15) is 57.4 Å². The van der Waals surface area contributed by atoms with Gasteiger partial charge < -0.3 is 19.0 Å². The van der Waals surface area contributed by atoms with Gasteiger partial charge in [0.25, 0.3) is 0 Å². The highest BCUT2D eigenvalue weighted by Crippen LogP contribution is 2.54. The van der Waals surface area contributed by atoms with E-state index in [1.165, 1.54) is 5.56 Å². The predicted octanol–water partition coefficient (Wildman–Crippen LogP) is 2.94. The van der Waals surface area contributed by atoms with Crippen molar-refractivity contribution < 1.29 is 23.8 Å². The van der Waals surface area contributed by atoms with Gasteiger partial charge in [0.1, 0.15) is 17.5 Å². The fourth-order valence-corrected chi connectivity index (χ4v) is 5.01. The maximum Gasteiger partial charge on any atom is 0.341 e. The van der Waals surface area contributed by atoms with Gasteiger partial charge in [-0.15, -0.1) is 0 Å². The zero-order valence-corrected chi connectivity index (χ0v) is 15.7. The second-order valence-corrected chi connectivity index (χ2v) is 8.93. The van der Waals surface area contributed by atoms with E-state index in [0.717, 1.165) is 30.6 Å². The third-order valence-electron chi connectivity index (χ3n) is 7.13. The first kappa shape index (κ1) is 17.1. The molecule has 0 bridgehead atoms. The van der Waals surface area contributed by atoms with E-state index >= 15 is 0 Å². The van der Waals surface area contributed by atoms with Gasteiger partial charge in [-0.3, -0.25) is 0 Å². The Bertz CT molecular complexity index is 720. The van der Waals surface area contributed by atoms with E-state index in [9.17, 15) is 9.90 Å². The van der Waals surface area contributed by atoms with Crippen molar-refractivity contribution in [2.24, 2.45) is 11.3 Å². The molecule has 1 N–H and O–H groups in total. The molecule has 0 radical (unpaired) electrons. The third-order valence-corrected chi connectivity index (χ3v) is 7.13. The van der Waals surface area contributed by atoms with Gasteiger partial charge >= 0.3 is 5.97 Å². The lowest BCUT2D eigenvalue weighted by molar-refractivity contribution is -0.201. The molecule has 1 saturated carbocycles. The van der Waals surface area contributed by atoms with E-state index < -0.39 is 17.3 Å². The Kier molecular flexibility index (Phi) is 3.49. The molecule has 2 fully saturated rings. The molecular formula is C20H28O5. The number of aryl methyl sites for hydroxylation is 1. The number of furan rings is 1. The third kappa shape index (κ3) is 2.39. The molecular weight excluding hydrogens is 320 g/mol. The minimum Gasteiger partial charge on any atom is -0.469 e. The normalized spacial score (nSPS) is 45.4. The van der Waals surface area contributed by atoms with Gasteiger partial charge in [0, 0.05) is 12.3 Å². The van der Waals surface area contributed by atoms with E-state index in [-0.39, 0.29) is 23.4 Å². The summed E-state index contributed by atoms with van der Waals surface area (Å²) in [4.78, 5) is 12.5. The summed E-state index contributed by atoms with van der Waals surface area (Å²) in [6.07, 6.45) is 4.34. The molecule has 0 spiro atoms. The second kappa shape index (κ2) is 5.10. The lowest BCUT2D eigenvalue weighted by Crippen LogP contribution is -2.60. The van der Waals surface area contributed by atoms with Crippen molar-refractivity contribution in [3.05, 3.63) is 23.2 Å². The van der Waals surface area contributed by atoms with E-state index in [2.05, 4.69) is 6.92 Å². The van der Waals surface area contributed by atoms with E-state index in [0.29, 0.717) is 6.42 Å². The molecule has 3 aliphatic rings. The Labute approximate surface area is 148 Å². The zero-order chi connectivity index (χ0) is 18.2. The van der Waals surface area contributed by atoms with E-state index in [1.54, 1.807) is 6.92 Å². The quantitative estimate of drug-likeness (QED) is 0.657. The number of aliphatic hydroxyl groups is 1. The first-order chi connectivity index (χ1) is 11.6. The Hall–Kier alpha value is -1.33. The summed E-state index contributed by atoms with van der Waals surface area (Å²) in [6.45, 7) is 9.71. The van der Waals surface area contributed by atoms with Gasteiger partial charge in [0.05, 0.1) is 12.4 Å². The average molecular weight is 348 g/mol. The number of epoxide rings is 1. The van der Waals surface area contributed by atoms with Crippen molar-refractivity contribution in [3.8, 4) is 0 Å². The summed E-state index contributed by atoms with van der Waals surface area (Å²) in [6, 6.07) is 0. The monoisotopic (exact) mass is 348 g/mol. The maximum absolute atomic E-state index is 12.5. The number of carbonyl (C=O) groups excluding carboxylic acids is 1. The zero-order valence-electron chi connectivity index (χ0n) is 15.7. The molecule has 6 atom stereocenters. The predicted molar refractivity (Wildman–Crippen MR) is 91.1 cm³/mol. The summed E-state index contributed by atoms with van der Waals surface area (Å²) < 4.78 is 16.9. The molecule has 0 aromatic carbocycles. The average Bonchev–Trinajstić information content (AvgIpc) is 3.00. The molecule has 1 aromatic rings. The van der Waals surface area contributed by atoms with Gasteiger partial charge in [-0.05, 0) is 63.5 Å². The highest BCUT2D eigenvalue weighted by Gasteiger charge is 2.61. The second-order valence-electron chi connectivity index (χ2n) is 8.93. The van der Waals surface area contributed by atoms with Gasteiger partial charge in [0.2, 0.25) is 0 Å². The molecule has 1 saturated heterocycles. The standard InChI is InChI=1S/C20H28O5/c1-11-10-23-14-9-18(3)7-6-16(19(4,22)15(18)8-13(11)14)24-17(21)20(5)12(2)25-20/h10,12,15-16,22H,6-9H2,1-5H3/t12-,15?,16-,18-,19+,20-/m1/s1. The molecule has 2 aliphatic carbocycles. The van der Waals surface area contributed by atoms with Crippen LogP contribution in [-0.2, 0) is 27.1 Å². The molecule has 5 heteroatoms. The smallest absolute Gasteiger partial charge is 0.341 e. The molecule has 4 rings (SSSR count). The number of ether oxygens (including phenoxy) is 2. The topological polar surface area (TPSA) is 72.2 Å². The fraction of sp³-hybridized carbons (Fsp3) is 0.750. The van der Waals surface area contributed by atoms with E-state index in [1.807, 2.05) is 27.0 Å². The Balaban J connectivity index is 1.59. The van der Waals surface area contributed by atoms with Crippen molar-refractivity contribution in [2.45, 2.75) is 83.7 Å². The minimum absolute atomic E-state index is 0.0284. The maximum atomic E-state index is 12.5. The van der Waals surface area contributed by atoms with Crippen LogP contribution in [0.4, 0.5) is 0 Å². The number of fused-ring (bicyclic) bond motifs is 2. The minimum atomic E-state index is -1.07. The molecule has 0 amide bonds. The van der Waals surface area contributed by atoms with Crippen LogP contribution in [0, 0.1) is 18.3 Å². The highest BCUT2D eigenvalue weighted by atomic mass is 16.7. The van der Waals surface area contributed by atoms with Gasteiger partial charge in [-0.1, -0.05) is 6.92 Å². The first-order valence-corrected chi connectivity index (χ1v) is 9.25. The number of hydrogen-bond donors (Lipinski definition) is 1. The Morgan fingerprint density at radius 3 is 2.68 bits per heavy atom. The summed E-state index contributed by atoms with van der Waals surface area (Å²) in [5.41, 5.74) is 0.383. The van der Waals surface area contributed by atoms with Crippen molar-refractivity contribution in [1.82, 2.24) is 0 Å². The number of carbonyl (C=O) groups is 1. The summed E-state index contributed by atoms with van der Waals surface area (Å²) >= 11 is 0.